The number of esters is 1. The van der Waals surface area contributed by atoms with Gasteiger partial charge < -0.3 is 14.5 Å². The molecule has 5 nitrogen and oxygen atoms in total. The Morgan fingerprint density at radius 2 is 2.21 bits per heavy atom. The molecule has 1 aromatic heterocycles. The lowest BCUT2D eigenvalue weighted by Crippen LogP contribution is -2.39. The molecular weight excluding hydrogens is 246 g/mol. The van der Waals surface area contributed by atoms with Crippen molar-refractivity contribution in [2.45, 2.75) is 45.6 Å². The van der Waals surface area contributed by atoms with Gasteiger partial charge in [-0.15, -0.1) is 0 Å². The molecule has 1 fully saturated rings. The van der Waals surface area contributed by atoms with Crippen LogP contribution in [0, 0.1) is 6.92 Å². The van der Waals surface area contributed by atoms with E-state index in [1.165, 1.54) is 0 Å². The van der Waals surface area contributed by atoms with Gasteiger partial charge in [-0.05, 0) is 39.7 Å². The Balaban J connectivity index is 2.01. The van der Waals surface area contributed by atoms with Gasteiger partial charge in [-0.3, -0.25) is 4.79 Å². The summed E-state index contributed by atoms with van der Waals surface area (Å²) in [5.74, 6) is 1.19. The third-order valence-electron chi connectivity index (χ3n) is 3.15. The Morgan fingerprint density at radius 3 is 2.79 bits per heavy atom. The molecule has 19 heavy (non-hydrogen) atoms. The van der Waals surface area contributed by atoms with Crippen LogP contribution in [-0.2, 0) is 9.53 Å². The number of ether oxygens (including phenoxy) is 1. The van der Waals surface area contributed by atoms with Gasteiger partial charge in [0.25, 0.3) is 5.91 Å². The van der Waals surface area contributed by atoms with Crippen molar-refractivity contribution < 1.29 is 18.7 Å². The first-order chi connectivity index (χ1) is 9.02. The van der Waals surface area contributed by atoms with E-state index in [9.17, 15) is 9.59 Å². The Hall–Kier alpha value is -1.78. The molecule has 1 amide bonds. The minimum Gasteiger partial charge on any atom is -0.465 e. The fourth-order valence-electron chi connectivity index (χ4n) is 1.90. The van der Waals surface area contributed by atoms with Crippen LogP contribution >= 0.6 is 0 Å². The van der Waals surface area contributed by atoms with E-state index in [1.807, 2.05) is 0 Å². The van der Waals surface area contributed by atoms with Gasteiger partial charge in [-0.1, -0.05) is 0 Å². The van der Waals surface area contributed by atoms with E-state index in [1.54, 1.807) is 26.8 Å². The van der Waals surface area contributed by atoms with Crippen molar-refractivity contribution >= 4 is 11.9 Å². The quantitative estimate of drug-likeness (QED) is 0.828. The van der Waals surface area contributed by atoms with Gasteiger partial charge in [0.15, 0.2) is 0 Å². The van der Waals surface area contributed by atoms with E-state index in [0.29, 0.717) is 23.8 Å². The molecule has 0 aliphatic heterocycles. The number of hydrogen-bond acceptors (Lipinski definition) is 4. The van der Waals surface area contributed by atoms with E-state index in [2.05, 4.69) is 5.32 Å². The van der Waals surface area contributed by atoms with Gasteiger partial charge in [-0.2, -0.15) is 0 Å². The van der Waals surface area contributed by atoms with E-state index >= 15 is 0 Å². The normalized spacial score (nSPS) is 15.9. The van der Waals surface area contributed by atoms with Crippen LogP contribution in [0.5, 0.6) is 0 Å². The molecule has 0 radical (unpaired) electrons. The van der Waals surface area contributed by atoms with Crippen molar-refractivity contribution in [2.24, 2.45) is 0 Å². The zero-order chi connectivity index (χ0) is 14.0. The molecule has 5 heteroatoms. The number of hydrogen-bond donors (Lipinski definition) is 1. The molecule has 1 unspecified atom stereocenters. The second-order valence-corrected chi connectivity index (χ2v) is 4.84. The predicted octanol–water partition coefficient (Wildman–Crippen LogP) is 2.15. The van der Waals surface area contributed by atoms with Crippen molar-refractivity contribution in [1.82, 2.24) is 5.32 Å². The van der Waals surface area contributed by atoms with Gasteiger partial charge in [0.1, 0.15) is 17.6 Å². The molecule has 1 aliphatic carbocycles. The second-order valence-electron chi connectivity index (χ2n) is 4.84. The average molecular weight is 265 g/mol. The first-order valence-electron chi connectivity index (χ1n) is 6.60. The third-order valence-corrected chi connectivity index (χ3v) is 3.15. The highest BCUT2D eigenvalue weighted by Gasteiger charge is 2.29. The van der Waals surface area contributed by atoms with E-state index < -0.39 is 12.0 Å². The topological polar surface area (TPSA) is 68.5 Å². The first kappa shape index (κ1) is 13.6. The van der Waals surface area contributed by atoms with Crippen molar-refractivity contribution in [3.63, 3.8) is 0 Å². The standard InChI is InChI=1S/C14H19NO4/c1-4-18-14(17)8(2)15-13(16)11-7-12(10-5-6-10)19-9(11)3/h7-8,10H,4-6H2,1-3H3,(H,15,16). The first-order valence-corrected chi connectivity index (χ1v) is 6.60. The molecule has 1 aromatic rings. The van der Waals surface area contributed by atoms with Crippen molar-refractivity contribution in [2.75, 3.05) is 6.61 Å². The van der Waals surface area contributed by atoms with Gasteiger partial charge >= 0.3 is 5.97 Å². The number of nitrogens with one attached hydrogen (secondary N) is 1. The largest absolute Gasteiger partial charge is 0.465 e. The van der Waals surface area contributed by atoms with E-state index in [0.717, 1.165) is 18.6 Å². The lowest BCUT2D eigenvalue weighted by atomic mass is 10.2. The Kier molecular flexibility index (Phi) is 3.93. The molecule has 1 heterocycles. The van der Waals surface area contributed by atoms with Crippen LogP contribution in [0.3, 0.4) is 0 Å². The van der Waals surface area contributed by atoms with Gasteiger partial charge in [0.2, 0.25) is 0 Å². The molecule has 2 rings (SSSR count). The molecule has 1 N–H and O–H groups in total. The van der Waals surface area contributed by atoms with Crippen molar-refractivity contribution in [3.8, 4) is 0 Å². The Morgan fingerprint density at radius 1 is 1.53 bits per heavy atom. The minimum absolute atomic E-state index is 0.297. The highest BCUT2D eigenvalue weighted by Crippen LogP contribution is 2.41. The number of amides is 1. The number of aryl methyl sites for hydroxylation is 1. The Bertz CT molecular complexity index is 488. The summed E-state index contributed by atoms with van der Waals surface area (Å²) < 4.78 is 10.4. The van der Waals surface area contributed by atoms with Crippen LogP contribution in [0.4, 0.5) is 0 Å². The van der Waals surface area contributed by atoms with Crippen molar-refractivity contribution in [3.05, 3.63) is 23.2 Å². The average Bonchev–Trinajstić information content (AvgIpc) is 3.13. The summed E-state index contributed by atoms with van der Waals surface area (Å²) in [7, 11) is 0. The number of carbonyl (C=O) groups excluding carboxylic acids is 2. The van der Waals surface area contributed by atoms with Crippen LogP contribution in [-0.4, -0.2) is 24.5 Å². The molecule has 1 aliphatic rings. The fraction of sp³-hybridized carbons (Fsp3) is 0.571. The predicted molar refractivity (Wildman–Crippen MR) is 69.0 cm³/mol. The van der Waals surface area contributed by atoms with Gasteiger partial charge in [0, 0.05) is 5.92 Å². The number of furan rings is 1. The fourth-order valence-corrected chi connectivity index (χ4v) is 1.90. The molecular formula is C14H19NO4. The minimum atomic E-state index is -0.661. The van der Waals surface area contributed by atoms with Gasteiger partial charge in [0.05, 0.1) is 12.2 Å². The molecule has 0 spiro atoms. The molecule has 104 valence electrons. The van der Waals surface area contributed by atoms with Gasteiger partial charge in [-0.25, -0.2) is 4.79 Å². The highest BCUT2D eigenvalue weighted by atomic mass is 16.5. The zero-order valence-electron chi connectivity index (χ0n) is 11.5. The monoisotopic (exact) mass is 265 g/mol. The lowest BCUT2D eigenvalue weighted by Gasteiger charge is -2.11. The van der Waals surface area contributed by atoms with Crippen LogP contribution in [0.2, 0.25) is 0 Å². The zero-order valence-corrected chi connectivity index (χ0v) is 11.5. The van der Waals surface area contributed by atoms with E-state index in [4.69, 9.17) is 9.15 Å². The van der Waals surface area contributed by atoms with Crippen LogP contribution in [0.15, 0.2) is 10.5 Å². The van der Waals surface area contributed by atoms with Crippen LogP contribution in [0.25, 0.3) is 0 Å². The highest BCUT2D eigenvalue weighted by molar-refractivity contribution is 5.97. The maximum absolute atomic E-state index is 12.1. The maximum Gasteiger partial charge on any atom is 0.328 e. The molecule has 0 aromatic carbocycles. The molecule has 1 saturated carbocycles. The SMILES string of the molecule is CCOC(=O)C(C)NC(=O)c1cc(C2CC2)oc1C. The maximum atomic E-state index is 12.1. The summed E-state index contributed by atoms with van der Waals surface area (Å²) in [5, 5.41) is 2.62. The third kappa shape index (κ3) is 3.16. The summed E-state index contributed by atoms with van der Waals surface area (Å²) in [5.41, 5.74) is 0.498. The van der Waals surface area contributed by atoms with Crippen LogP contribution < -0.4 is 5.32 Å². The summed E-state index contributed by atoms with van der Waals surface area (Å²) in [6, 6.07) is 1.12. The van der Waals surface area contributed by atoms with Crippen LogP contribution in [0.1, 0.15) is 54.5 Å². The molecule has 0 saturated heterocycles. The second kappa shape index (κ2) is 5.47. The smallest absolute Gasteiger partial charge is 0.328 e. The lowest BCUT2D eigenvalue weighted by molar-refractivity contribution is -0.144. The molecule has 0 bridgehead atoms. The summed E-state index contributed by atoms with van der Waals surface area (Å²) in [4.78, 5) is 23.5. The summed E-state index contributed by atoms with van der Waals surface area (Å²) >= 11 is 0. The number of carbonyl (C=O) groups is 2. The number of rotatable bonds is 5. The Labute approximate surface area is 112 Å². The summed E-state index contributed by atoms with van der Waals surface area (Å²) in [6.45, 7) is 5.40. The summed E-state index contributed by atoms with van der Waals surface area (Å²) in [6.07, 6.45) is 2.24. The molecule has 1 atom stereocenters. The van der Waals surface area contributed by atoms with E-state index in [-0.39, 0.29) is 5.91 Å². The van der Waals surface area contributed by atoms with Crippen molar-refractivity contribution in [1.29, 1.82) is 0 Å².